The molecule has 82 valence electrons. The summed E-state index contributed by atoms with van der Waals surface area (Å²) in [6.45, 7) is 3.46. The predicted octanol–water partition coefficient (Wildman–Crippen LogP) is 2.94. The van der Waals surface area contributed by atoms with Gasteiger partial charge in [-0.05, 0) is 38.1 Å². The first-order chi connectivity index (χ1) is 7.38. The zero-order valence-electron chi connectivity index (χ0n) is 8.95. The number of likely N-dealkylation sites (tertiary alicyclic amines) is 1. The summed E-state index contributed by atoms with van der Waals surface area (Å²) in [4.78, 5) is 15.2. The van der Waals surface area contributed by atoms with Gasteiger partial charge >= 0.3 is 0 Å². The largest absolute Gasteiger partial charge is 0.298 e. The lowest BCUT2D eigenvalue weighted by molar-refractivity contribution is 0.112. The summed E-state index contributed by atoms with van der Waals surface area (Å²) in [6.07, 6.45) is 6.34. The van der Waals surface area contributed by atoms with Crippen molar-refractivity contribution in [3.05, 3.63) is 21.9 Å². The lowest BCUT2D eigenvalue weighted by atomic mass is 10.2. The molecule has 0 aliphatic carbocycles. The Morgan fingerprint density at radius 3 is 2.53 bits per heavy atom. The normalized spacial score (nSPS) is 18.7. The Morgan fingerprint density at radius 2 is 1.93 bits per heavy atom. The third kappa shape index (κ3) is 3.14. The monoisotopic (exact) mass is 223 g/mol. The van der Waals surface area contributed by atoms with Gasteiger partial charge in [0, 0.05) is 11.4 Å². The van der Waals surface area contributed by atoms with Crippen molar-refractivity contribution in [2.24, 2.45) is 0 Å². The summed E-state index contributed by atoms with van der Waals surface area (Å²) in [5.74, 6) is 0. The molecule has 0 radical (unpaired) electrons. The van der Waals surface area contributed by atoms with E-state index in [1.165, 1.54) is 43.6 Å². The van der Waals surface area contributed by atoms with Gasteiger partial charge in [-0.2, -0.15) is 0 Å². The number of hydrogen-bond donors (Lipinski definition) is 0. The molecule has 0 saturated carbocycles. The first-order valence-corrected chi connectivity index (χ1v) is 6.46. The lowest BCUT2D eigenvalue weighted by Crippen LogP contribution is -2.23. The van der Waals surface area contributed by atoms with Gasteiger partial charge < -0.3 is 0 Å². The molecule has 1 aliphatic rings. The van der Waals surface area contributed by atoms with Gasteiger partial charge in [0.2, 0.25) is 0 Å². The Bertz CT molecular complexity index is 313. The summed E-state index contributed by atoms with van der Waals surface area (Å²) in [6, 6.07) is 4.00. The van der Waals surface area contributed by atoms with Crippen LogP contribution in [0.2, 0.25) is 0 Å². The quantitative estimate of drug-likeness (QED) is 0.734. The summed E-state index contributed by atoms with van der Waals surface area (Å²) in [5.41, 5.74) is 0. The van der Waals surface area contributed by atoms with Crippen LogP contribution >= 0.6 is 11.3 Å². The molecule has 0 unspecified atom stereocenters. The van der Waals surface area contributed by atoms with Crippen molar-refractivity contribution in [2.45, 2.75) is 32.2 Å². The van der Waals surface area contributed by atoms with Crippen molar-refractivity contribution >= 4 is 17.6 Å². The zero-order valence-corrected chi connectivity index (χ0v) is 9.76. The maximum atomic E-state index is 10.6. The van der Waals surface area contributed by atoms with Crippen LogP contribution in [-0.2, 0) is 6.54 Å². The molecule has 1 aromatic heterocycles. The average Bonchev–Trinajstić information content (AvgIpc) is 2.54. The molecule has 0 N–H and O–H groups in total. The van der Waals surface area contributed by atoms with E-state index >= 15 is 0 Å². The van der Waals surface area contributed by atoms with E-state index < -0.39 is 0 Å². The van der Waals surface area contributed by atoms with Gasteiger partial charge in [0.05, 0.1) is 4.88 Å². The molecule has 1 aromatic rings. The van der Waals surface area contributed by atoms with E-state index in [9.17, 15) is 4.79 Å². The predicted molar refractivity (Wildman–Crippen MR) is 63.5 cm³/mol. The Labute approximate surface area is 94.9 Å². The number of hydrogen-bond acceptors (Lipinski definition) is 3. The van der Waals surface area contributed by atoms with Crippen LogP contribution in [0, 0.1) is 0 Å². The van der Waals surface area contributed by atoms with Gasteiger partial charge in [-0.25, -0.2) is 0 Å². The molecule has 2 rings (SSSR count). The molecule has 2 nitrogen and oxygen atoms in total. The highest BCUT2D eigenvalue weighted by atomic mass is 32.1. The highest BCUT2D eigenvalue weighted by Crippen LogP contribution is 2.19. The average molecular weight is 223 g/mol. The zero-order chi connectivity index (χ0) is 10.5. The maximum Gasteiger partial charge on any atom is 0.160 e. The van der Waals surface area contributed by atoms with Crippen LogP contribution in [0.25, 0.3) is 0 Å². The first kappa shape index (κ1) is 10.8. The summed E-state index contributed by atoms with van der Waals surface area (Å²) in [7, 11) is 0. The molecule has 1 aliphatic heterocycles. The Kier molecular flexibility index (Phi) is 3.92. The van der Waals surface area contributed by atoms with Gasteiger partial charge in [0.15, 0.2) is 6.29 Å². The minimum atomic E-state index is 0.847. The van der Waals surface area contributed by atoms with Crippen LogP contribution in [0.3, 0.4) is 0 Å². The smallest absolute Gasteiger partial charge is 0.160 e. The fourth-order valence-electron chi connectivity index (χ4n) is 2.06. The van der Waals surface area contributed by atoms with E-state index in [2.05, 4.69) is 11.0 Å². The molecule has 0 bridgehead atoms. The Hall–Kier alpha value is -0.670. The van der Waals surface area contributed by atoms with E-state index in [1.807, 2.05) is 6.07 Å². The van der Waals surface area contributed by atoms with E-state index in [0.717, 1.165) is 17.7 Å². The molecular formula is C12H17NOS. The van der Waals surface area contributed by atoms with Gasteiger partial charge in [-0.3, -0.25) is 9.69 Å². The van der Waals surface area contributed by atoms with Crippen molar-refractivity contribution < 1.29 is 4.79 Å². The van der Waals surface area contributed by atoms with E-state index in [-0.39, 0.29) is 0 Å². The van der Waals surface area contributed by atoms with Crippen LogP contribution in [0.15, 0.2) is 12.1 Å². The van der Waals surface area contributed by atoms with Crippen LogP contribution in [0.4, 0.5) is 0 Å². The van der Waals surface area contributed by atoms with Gasteiger partial charge in [-0.1, -0.05) is 12.8 Å². The summed E-state index contributed by atoms with van der Waals surface area (Å²) < 4.78 is 0. The molecule has 0 amide bonds. The highest BCUT2D eigenvalue weighted by Gasteiger charge is 2.10. The molecule has 0 aromatic carbocycles. The maximum absolute atomic E-state index is 10.6. The second kappa shape index (κ2) is 5.42. The van der Waals surface area contributed by atoms with Gasteiger partial charge in [0.25, 0.3) is 0 Å². The number of nitrogens with zero attached hydrogens (tertiary/aromatic N) is 1. The molecule has 1 saturated heterocycles. The van der Waals surface area contributed by atoms with Crippen LogP contribution in [0.5, 0.6) is 0 Å². The minimum absolute atomic E-state index is 0.847. The number of aldehydes is 1. The fourth-order valence-corrected chi connectivity index (χ4v) is 2.93. The fraction of sp³-hybridized carbons (Fsp3) is 0.583. The highest BCUT2D eigenvalue weighted by molar-refractivity contribution is 7.13. The first-order valence-electron chi connectivity index (χ1n) is 5.65. The number of thiophene rings is 1. The number of carbonyl (C=O) groups is 1. The van der Waals surface area contributed by atoms with Crippen molar-refractivity contribution in [1.29, 1.82) is 0 Å². The van der Waals surface area contributed by atoms with Gasteiger partial charge in [-0.15, -0.1) is 11.3 Å². The molecule has 0 spiro atoms. The standard InChI is InChI=1S/C12H17NOS/c14-10-12-6-5-11(15-12)9-13-7-3-1-2-4-8-13/h5-6,10H,1-4,7-9H2. The lowest BCUT2D eigenvalue weighted by Gasteiger charge is -2.18. The van der Waals surface area contributed by atoms with Crippen LogP contribution in [0.1, 0.15) is 40.2 Å². The van der Waals surface area contributed by atoms with Crippen molar-refractivity contribution in [1.82, 2.24) is 4.90 Å². The number of rotatable bonds is 3. The van der Waals surface area contributed by atoms with E-state index in [0.29, 0.717) is 0 Å². The van der Waals surface area contributed by atoms with Crippen molar-refractivity contribution in [2.75, 3.05) is 13.1 Å². The second-order valence-corrected chi connectivity index (χ2v) is 5.31. The SMILES string of the molecule is O=Cc1ccc(CN2CCCCCC2)s1. The molecular weight excluding hydrogens is 206 g/mol. The van der Waals surface area contributed by atoms with Gasteiger partial charge in [0.1, 0.15) is 0 Å². The molecule has 3 heteroatoms. The summed E-state index contributed by atoms with van der Waals surface area (Å²) in [5, 5.41) is 0. The topological polar surface area (TPSA) is 20.3 Å². The minimum Gasteiger partial charge on any atom is -0.298 e. The van der Waals surface area contributed by atoms with Crippen LogP contribution in [-0.4, -0.2) is 24.3 Å². The Morgan fingerprint density at radius 1 is 1.20 bits per heavy atom. The molecule has 15 heavy (non-hydrogen) atoms. The second-order valence-electron chi connectivity index (χ2n) is 4.11. The van der Waals surface area contributed by atoms with E-state index in [4.69, 9.17) is 0 Å². The molecule has 0 atom stereocenters. The summed E-state index contributed by atoms with van der Waals surface area (Å²) >= 11 is 1.62. The molecule has 1 fully saturated rings. The number of carbonyl (C=O) groups excluding carboxylic acids is 1. The van der Waals surface area contributed by atoms with E-state index in [1.54, 1.807) is 11.3 Å². The third-order valence-corrected chi connectivity index (χ3v) is 3.87. The van der Waals surface area contributed by atoms with Crippen LogP contribution < -0.4 is 0 Å². The third-order valence-electron chi connectivity index (χ3n) is 2.88. The molecule has 2 heterocycles. The Balaban J connectivity index is 1.91. The van der Waals surface area contributed by atoms with Crippen molar-refractivity contribution in [3.8, 4) is 0 Å². The van der Waals surface area contributed by atoms with Crippen molar-refractivity contribution in [3.63, 3.8) is 0 Å².